The second kappa shape index (κ2) is 18.9. The molecular formula is C30H43N3O8S3. The van der Waals surface area contributed by atoms with Gasteiger partial charge in [-0.05, 0) is 64.2 Å². The molecule has 2 atom stereocenters. The van der Waals surface area contributed by atoms with Gasteiger partial charge >= 0.3 is 6.09 Å². The van der Waals surface area contributed by atoms with Gasteiger partial charge in [0.25, 0.3) is 5.24 Å². The van der Waals surface area contributed by atoms with Crippen LogP contribution < -0.4 is 15.4 Å². The van der Waals surface area contributed by atoms with E-state index in [1.807, 2.05) is 12.1 Å². The molecule has 0 aromatic heterocycles. The standard InChI is InChI=1S/C30H43N3O8S3/c1-20(34)43-23(14-17-42-26(36)19-31-28(38)41-30(2,3)4)8-6-7-9-25(35)33(5)15-16-40-22-12-10-21(11-13-22)18-24-27(37)32-29(39)44-24/h10-13,23-24H,6-9,14-19H2,1-5H3,(H,31,38)(H,32,37,39). The van der Waals surface area contributed by atoms with E-state index in [0.29, 0.717) is 50.3 Å². The van der Waals surface area contributed by atoms with Crippen LogP contribution in [0.15, 0.2) is 24.3 Å². The molecule has 0 radical (unpaired) electrons. The number of rotatable bonds is 17. The maximum atomic E-state index is 12.6. The number of thioether (sulfide) groups is 3. The molecule has 44 heavy (non-hydrogen) atoms. The van der Waals surface area contributed by atoms with Crippen LogP contribution in [0.2, 0.25) is 0 Å². The Morgan fingerprint density at radius 1 is 1.09 bits per heavy atom. The van der Waals surface area contributed by atoms with Gasteiger partial charge in [-0.25, -0.2) is 4.79 Å². The number of nitrogens with zero attached hydrogens (tertiary/aromatic N) is 1. The number of nitrogens with one attached hydrogen (secondary N) is 2. The third-order valence-electron chi connectivity index (χ3n) is 6.21. The highest BCUT2D eigenvalue weighted by Gasteiger charge is 2.31. The molecule has 4 amide bonds. The maximum Gasteiger partial charge on any atom is 0.408 e. The highest BCUT2D eigenvalue weighted by Crippen LogP contribution is 2.25. The maximum absolute atomic E-state index is 12.6. The minimum atomic E-state index is -0.636. The van der Waals surface area contributed by atoms with E-state index >= 15 is 0 Å². The number of likely N-dealkylation sites (N-methyl/N-ethyl adjacent to an activating group) is 1. The first kappa shape index (κ1) is 37.5. The van der Waals surface area contributed by atoms with Gasteiger partial charge in [-0.3, -0.25) is 29.3 Å². The number of carbonyl (C=O) groups excluding carboxylic acids is 6. The van der Waals surface area contributed by atoms with E-state index in [1.54, 1.807) is 44.9 Å². The summed E-state index contributed by atoms with van der Waals surface area (Å²) < 4.78 is 10.9. The molecule has 0 aliphatic carbocycles. The SMILES string of the molecule is CC(=O)SC(CCCCC(=O)N(C)CCOc1ccc(CC2SC(=O)NC2=O)cc1)CCSC(=O)CNC(=O)OC(C)(C)C. The van der Waals surface area contributed by atoms with Crippen LogP contribution in [0, 0.1) is 0 Å². The zero-order chi connectivity index (χ0) is 32.7. The fraction of sp³-hybridized carbons (Fsp3) is 0.600. The topological polar surface area (TPSA) is 148 Å². The first-order valence-electron chi connectivity index (χ1n) is 14.5. The summed E-state index contributed by atoms with van der Waals surface area (Å²) in [4.78, 5) is 72.8. The molecule has 11 nitrogen and oxygen atoms in total. The first-order chi connectivity index (χ1) is 20.7. The van der Waals surface area contributed by atoms with E-state index < -0.39 is 16.9 Å². The number of hydrogen-bond donors (Lipinski definition) is 2. The van der Waals surface area contributed by atoms with Crippen molar-refractivity contribution >= 4 is 68.7 Å². The molecule has 1 heterocycles. The van der Waals surface area contributed by atoms with Crippen molar-refractivity contribution in [2.75, 3.05) is 32.5 Å². The Kier molecular flexibility index (Phi) is 16.1. The third kappa shape index (κ3) is 15.8. The summed E-state index contributed by atoms with van der Waals surface area (Å²) in [6.07, 6.45) is 3.10. The van der Waals surface area contributed by atoms with Crippen LogP contribution in [-0.4, -0.2) is 86.9 Å². The van der Waals surface area contributed by atoms with E-state index in [0.717, 1.165) is 41.9 Å². The molecule has 2 unspecified atom stereocenters. The average molecular weight is 670 g/mol. The average Bonchev–Trinajstić information content (AvgIpc) is 3.25. The Balaban J connectivity index is 1.61. The highest BCUT2D eigenvalue weighted by molar-refractivity contribution is 8.15. The fourth-order valence-corrected chi connectivity index (χ4v) is 6.84. The van der Waals surface area contributed by atoms with Gasteiger partial charge in [-0.15, -0.1) is 0 Å². The van der Waals surface area contributed by atoms with Crippen molar-refractivity contribution in [1.82, 2.24) is 15.5 Å². The van der Waals surface area contributed by atoms with Crippen molar-refractivity contribution < 1.29 is 38.2 Å². The monoisotopic (exact) mass is 669 g/mol. The van der Waals surface area contributed by atoms with E-state index in [9.17, 15) is 28.8 Å². The quantitative estimate of drug-likeness (QED) is 0.220. The number of ether oxygens (including phenoxy) is 2. The summed E-state index contributed by atoms with van der Waals surface area (Å²) in [6, 6.07) is 7.33. The van der Waals surface area contributed by atoms with Crippen molar-refractivity contribution in [3.05, 3.63) is 29.8 Å². The number of alkyl carbamates (subject to hydrolysis) is 1. The number of unbranched alkanes of at least 4 members (excludes halogenated alkanes) is 1. The van der Waals surface area contributed by atoms with Crippen LogP contribution >= 0.6 is 35.3 Å². The molecule has 1 aliphatic heterocycles. The highest BCUT2D eigenvalue weighted by atomic mass is 32.2. The minimum absolute atomic E-state index is 0.0140. The largest absolute Gasteiger partial charge is 0.492 e. The molecule has 1 fully saturated rings. The Hall–Kier alpha value is -2.71. The lowest BCUT2D eigenvalue weighted by Crippen LogP contribution is -2.34. The zero-order valence-electron chi connectivity index (χ0n) is 26.0. The van der Waals surface area contributed by atoms with Crippen molar-refractivity contribution in [2.45, 2.75) is 82.3 Å². The zero-order valence-corrected chi connectivity index (χ0v) is 28.4. The molecule has 1 aromatic carbocycles. The van der Waals surface area contributed by atoms with Crippen LogP contribution in [0.5, 0.6) is 5.75 Å². The lowest BCUT2D eigenvalue weighted by molar-refractivity contribution is -0.130. The van der Waals surface area contributed by atoms with Gasteiger partial charge in [-0.1, -0.05) is 53.8 Å². The van der Waals surface area contributed by atoms with Gasteiger partial charge < -0.3 is 19.7 Å². The number of benzene rings is 1. The van der Waals surface area contributed by atoms with Gasteiger partial charge in [0, 0.05) is 31.4 Å². The third-order valence-corrected chi connectivity index (χ3v) is 9.24. The normalized spacial score (nSPS) is 15.3. The number of amides is 4. The van der Waals surface area contributed by atoms with E-state index in [1.165, 1.54) is 18.7 Å². The molecular weight excluding hydrogens is 627 g/mol. The summed E-state index contributed by atoms with van der Waals surface area (Å²) in [5, 5.41) is 3.90. The van der Waals surface area contributed by atoms with Gasteiger partial charge in [0.2, 0.25) is 16.9 Å². The van der Waals surface area contributed by atoms with Gasteiger partial charge in [0.1, 0.15) is 18.0 Å². The van der Waals surface area contributed by atoms with Crippen molar-refractivity contribution in [3.63, 3.8) is 0 Å². The molecule has 14 heteroatoms. The van der Waals surface area contributed by atoms with E-state index in [2.05, 4.69) is 10.6 Å². The number of imide groups is 1. The Morgan fingerprint density at radius 3 is 2.41 bits per heavy atom. The number of hydrogen-bond acceptors (Lipinski definition) is 11. The molecule has 0 bridgehead atoms. The van der Waals surface area contributed by atoms with Crippen molar-refractivity contribution in [3.8, 4) is 5.75 Å². The predicted molar refractivity (Wildman–Crippen MR) is 175 cm³/mol. The molecule has 0 spiro atoms. The molecule has 1 aliphatic rings. The van der Waals surface area contributed by atoms with Crippen molar-refractivity contribution in [1.29, 1.82) is 0 Å². The van der Waals surface area contributed by atoms with Gasteiger partial charge in [-0.2, -0.15) is 0 Å². The Labute approximate surface area is 272 Å². The van der Waals surface area contributed by atoms with Crippen molar-refractivity contribution in [2.24, 2.45) is 0 Å². The van der Waals surface area contributed by atoms with Gasteiger partial charge in [0.15, 0.2) is 5.12 Å². The van der Waals surface area contributed by atoms with Gasteiger partial charge in [0.05, 0.1) is 18.3 Å². The van der Waals surface area contributed by atoms with Crippen LogP contribution in [0.4, 0.5) is 9.59 Å². The second-order valence-corrected chi connectivity index (χ2v) is 15.0. The van der Waals surface area contributed by atoms with Crippen LogP contribution in [0.3, 0.4) is 0 Å². The lowest BCUT2D eigenvalue weighted by atomic mass is 10.1. The van der Waals surface area contributed by atoms with E-state index in [-0.39, 0.29) is 39.1 Å². The molecule has 0 saturated carbocycles. The van der Waals surface area contributed by atoms with Crippen LogP contribution in [0.25, 0.3) is 0 Å². The Morgan fingerprint density at radius 2 is 1.80 bits per heavy atom. The summed E-state index contributed by atoms with van der Waals surface area (Å²) in [7, 11) is 1.74. The molecule has 1 aromatic rings. The first-order valence-corrected chi connectivity index (χ1v) is 17.2. The molecule has 1 saturated heterocycles. The smallest absolute Gasteiger partial charge is 0.408 e. The second-order valence-electron chi connectivity index (χ2n) is 11.2. The molecule has 244 valence electrons. The fourth-order valence-electron chi connectivity index (χ4n) is 4.04. The van der Waals surface area contributed by atoms with Crippen LogP contribution in [0.1, 0.15) is 65.4 Å². The summed E-state index contributed by atoms with van der Waals surface area (Å²) in [5.41, 5.74) is 0.291. The summed E-state index contributed by atoms with van der Waals surface area (Å²) in [6.45, 7) is 7.40. The lowest BCUT2D eigenvalue weighted by Gasteiger charge is -2.19. The van der Waals surface area contributed by atoms with E-state index in [4.69, 9.17) is 9.47 Å². The molecule has 2 N–H and O–H groups in total. The number of carbonyl (C=O) groups is 6. The summed E-state index contributed by atoms with van der Waals surface area (Å²) in [5.74, 6) is 0.933. The molecule has 2 rings (SSSR count). The predicted octanol–water partition coefficient (Wildman–Crippen LogP) is 4.80. The van der Waals surface area contributed by atoms with Crippen LogP contribution in [-0.2, 0) is 30.3 Å². The Bertz CT molecular complexity index is 1160. The minimum Gasteiger partial charge on any atom is -0.492 e. The summed E-state index contributed by atoms with van der Waals surface area (Å²) >= 11 is 3.38.